The highest BCUT2D eigenvalue weighted by Crippen LogP contribution is 2.09. The zero-order chi connectivity index (χ0) is 15.5. The summed E-state index contributed by atoms with van der Waals surface area (Å²) in [6.07, 6.45) is 4.43. The second kappa shape index (κ2) is 9.80. The lowest BCUT2D eigenvalue weighted by molar-refractivity contribution is -0.136. The van der Waals surface area contributed by atoms with Gasteiger partial charge in [-0.15, -0.1) is 0 Å². The van der Waals surface area contributed by atoms with E-state index in [1.807, 2.05) is 12.1 Å². The number of urea groups is 1. The Labute approximate surface area is 125 Å². The standard InChI is InChI=1S/C16H24N2O3/c1-2-3-4-7-10-17-16(21)18-12-14-9-6-5-8-13(14)11-15(19)20/h5-6,8-9H,2-4,7,10-12H2,1H3,(H,19,20)(H2,17,18,21). The number of rotatable bonds is 9. The van der Waals surface area contributed by atoms with Gasteiger partial charge in [0.15, 0.2) is 0 Å². The van der Waals surface area contributed by atoms with Crippen LogP contribution in [0.4, 0.5) is 4.79 Å². The Morgan fingerprint density at radius 3 is 2.43 bits per heavy atom. The molecule has 5 heteroatoms. The number of hydrogen-bond donors (Lipinski definition) is 3. The fraction of sp³-hybridized carbons (Fsp3) is 0.500. The number of nitrogens with one attached hydrogen (secondary N) is 2. The Bertz CT molecular complexity index is 461. The first kappa shape index (κ1) is 17.0. The summed E-state index contributed by atoms with van der Waals surface area (Å²) in [6.45, 7) is 3.15. The van der Waals surface area contributed by atoms with Crippen molar-refractivity contribution in [1.82, 2.24) is 10.6 Å². The Morgan fingerprint density at radius 1 is 1.05 bits per heavy atom. The van der Waals surface area contributed by atoms with E-state index in [1.165, 1.54) is 12.8 Å². The van der Waals surface area contributed by atoms with Crippen molar-refractivity contribution < 1.29 is 14.7 Å². The van der Waals surface area contributed by atoms with Gasteiger partial charge in [-0.05, 0) is 17.5 Å². The molecule has 0 radical (unpaired) electrons. The van der Waals surface area contributed by atoms with Crippen LogP contribution in [-0.4, -0.2) is 23.7 Å². The lowest BCUT2D eigenvalue weighted by Gasteiger charge is -2.10. The lowest BCUT2D eigenvalue weighted by Crippen LogP contribution is -2.35. The molecule has 1 aromatic carbocycles. The van der Waals surface area contributed by atoms with Crippen LogP contribution in [0.3, 0.4) is 0 Å². The van der Waals surface area contributed by atoms with E-state index in [1.54, 1.807) is 12.1 Å². The van der Waals surface area contributed by atoms with Crippen LogP contribution < -0.4 is 10.6 Å². The van der Waals surface area contributed by atoms with Gasteiger partial charge in [0.25, 0.3) is 0 Å². The number of hydrogen-bond acceptors (Lipinski definition) is 2. The van der Waals surface area contributed by atoms with Crippen LogP contribution in [-0.2, 0) is 17.8 Å². The molecule has 0 unspecified atom stereocenters. The SMILES string of the molecule is CCCCCCNC(=O)NCc1ccccc1CC(=O)O. The van der Waals surface area contributed by atoms with Gasteiger partial charge in [-0.3, -0.25) is 4.79 Å². The smallest absolute Gasteiger partial charge is 0.315 e. The molecule has 21 heavy (non-hydrogen) atoms. The topological polar surface area (TPSA) is 78.4 Å². The van der Waals surface area contributed by atoms with Crippen molar-refractivity contribution in [2.75, 3.05) is 6.54 Å². The molecule has 0 saturated heterocycles. The molecule has 1 rings (SSSR count). The van der Waals surface area contributed by atoms with Crippen LogP contribution in [0.2, 0.25) is 0 Å². The predicted molar refractivity (Wildman–Crippen MR) is 82.2 cm³/mol. The predicted octanol–water partition coefficient (Wildman–Crippen LogP) is 2.69. The Hall–Kier alpha value is -2.04. The van der Waals surface area contributed by atoms with Crippen LogP contribution in [0.25, 0.3) is 0 Å². The number of aliphatic carboxylic acids is 1. The zero-order valence-corrected chi connectivity index (χ0v) is 12.5. The first-order chi connectivity index (χ1) is 10.1. The monoisotopic (exact) mass is 292 g/mol. The molecule has 0 fully saturated rings. The minimum Gasteiger partial charge on any atom is -0.481 e. The second-order valence-electron chi connectivity index (χ2n) is 5.01. The number of unbranched alkanes of at least 4 members (excludes halogenated alkanes) is 3. The van der Waals surface area contributed by atoms with E-state index >= 15 is 0 Å². The van der Waals surface area contributed by atoms with Crippen molar-refractivity contribution in [3.05, 3.63) is 35.4 Å². The fourth-order valence-electron chi connectivity index (χ4n) is 2.06. The van der Waals surface area contributed by atoms with Gasteiger partial charge in [0.1, 0.15) is 0 Å². The van der Waals surface area contributed by atoms with E-state index in [-0.39, 0.29) is 12.5 Å². The van der Waals surface area contributed by atoms with Crippen molar-refractivity contribution in [3.8, 4) is 0 Å². The van der Waals surface area contributed by atoms with E-state index in [0.29, 0.717) is 13.1 Å². The number of carboxylic acid groups (broad SMARTS) is 1. The summed E-state index contributed by atoms with van der Waals surface area (Å²) >= 11 is 0. The molecule has 0 aliphatic heterocycles. The molecule has 0 saturated carbocycles. The van der Waals surface area contributed by atoms with E-state index in [4.69, 9.17) is 5.11 Å². The molecule has 0 aliphatic rings. The third-order valence-corrected chi connectivity index (χ3v) is 3.22. The zero-order valence-electron chi connectivity index (χ0n) is 12.5. The summed E-state index contributed by atoms with van der Waals surface area (Å²) in [5.41, 5.74) is 1.56. The maximum atomic E-state index is 11.6. The fourth-order valence-corrected chi connectivity index (χ4v) is 2.06. The molecule has 0 aromatic heterocycles. The number of carboxylic acids is 1. The molecular formula is C16H24N2O3. The van der Waals surface area contributed by atoms with Crippen molar-refractivity contribution in [2.24, 2.45) is 0 Å². The molecule has 3 N–H and O–H groups in total. The van der Waals surface area contributed by atoms with E-state index in [2.05, 4.69) is 17.6 Å². The normalized spacial score (nSPS) is 10.1. The van der Waals surface area contributed by atoms with Crippen LogP contribution in [0.1, 0.15) is 43.7 Å². The summed E-state index contributed by atoms with van der Waals surface area (Å²) in [7, 11) is 0. The number of benzene rings is 1. The van der Waals surface area contributed by atoms with Gasteiger partial charge in [0.2, 0.25) is 0 Å². The van der Waals surface area contributed by atoms with E-state index < -0.39 is 5.97 Å². The first-order valence-electron chi connectivity index (χ1n) is 7.43. The number of amides is 2. The van der Waals surface area contributed by atoms with Gasteiger partial charge in [-0.2, -0.15) is 0 Å². The molecule has 2 amide bonds. The molecule has 0 aliphatic carbocycles. The van der Waals surface area contributed by atoms with Gasteiger partial charge < -0.3 is 15.7 Å². The number of carbonyl (C=O) groups is 2. The third kappa shape index (κ3) is 7.34. The molecule has 1 aromatic rings. The molecule has 5 nitrogen and oxygen atoms in total. The van der Waals surface area contributed by atoms with Crippen LogP contribution in [0.5, 0.6) is 0 Å². The Morgan fingerprint density at radius 2 is 1.76 bits per heavy atom. The maximum Gasteiger partial charge on any atom is 0.315 e. The quantitative estimate of drug-likeness (QED) is 0.612. The third-order valence-electron chi connectivity index (χ3n) is 3.22. The van der Waals surface area contributed by atoms with Crippen molar-refractivity contribution in [3.63, 3.8) is 0 Å². The van der Waals surface area contributed by atoms with Gasteiger partial charge in [-0.1, -0.05) is 50.5 Å². The van der Waals surface area contributed by atoms with Crippen LogP contribution in [0, 0.1) is 0 Å². The average Bonchev–Trinajstić information content (AvgIpc) is 2.45. The molecule has 0 atom stereocenters. The van der Waals surface area contributed by atoms with Crippen molar-refractivity contribution >= 4 is 12.0 Å². The van der Waals surface area contributed by atoms with Crippen LogP contribution >= 0.6 is 0 Å². The van der Waals surface area contributed by atoms with E-state index in [9.17, 15) is 9.59 Å². The number of carbonyl (C=O) groups excluding carboxylic acids is 1. The van der Waals surface area contributed by atoms with Gasteiger partial charge >= 0.3 is 12.0 Å². The first-order valence-corrected chi connectivity index (χ1v) is 7.43. The highest BCUT2D eigenvalue weighted by Gasteiger charge is 2.07. The summed E-state index contributed by atoms with van der Waals surface area (Å²) in [5.74, 6) is -0.872. The Balaban J connectivity index is 2.34. The second-order valence-corrected chi connectivity index (χ2v) is 5.01. The lowest BCUT2D eigenvalue weighted by atomic mass is 10.0. The summed E-state index contributed by atoms with van der Waals surface area (Å²) in [4.78, 5) is 22.4. The Kier molecular flexibility index (Phi) is 7.94. The average molecular weight is 292 g/mol. The van der Waals surface area contributed by atoms with Gasteiger partial charge in [0.05, 0.1) is 6.42 Å². The maximum absolute atomic E-state index is 11.6. The van der Waals surface area contributed by atoms with Crippen molar-refractivity contribution in [2.45, 2.75) is 45.6 Å². The van der Waals surface area contributed by atoms with Gasteiger partial charge in [-0.25, -0.2) is 4.79 Å². The summed E-state index contributed by atoms with van der Waals surface area (Å²) in [6, 6.07) is 7.03. The summed E-state index contributed by atoms with van der Waals surface area (Å²) in [5, 5.41) is 14.4. The van der Waals surface area contributed by atoms with E-state index in [0.717, 1.165) is 24.0 Å². The minimum atomic E-state index is -0.872. The summed E-state index contributed by atoms with van der Waals surface area (Å²) < 4.78 is 0. The largest absolute Gasteiger partial charge is 0.481 e. The highest BCUT2D eigenvalue weighted by molar-refractivity contribution is 5.74. The molecule has 116 valence electrons. The van der Waals surface area contributed by atoms with Crippen molar-refractivity contribution in [1.29, 1.82) is 0 Å². The highest BCUT2D eigenvalue weighted by atomic mass is 16.4. The molecule has 0 heterocycles. The van der Waals surface area contributed by atoms with Gasteiger partial charge in [0, 0.05) is 13.1 Å². The molecule has 0 spiro atoms. The van der Waals surface area contributed by atoms with Crippen LogP contribution in [0.15, 0.2) is 24.3 Å². The molecule has 0 bridgehead atoms. The minimum absolute atomic E-state index is 0.0313. The molecular weight excluding hydrogens is 268 g/mol.